The molecule has 2 heteroatoms. The van der Waals surface area contributed by atoms with Crippen LogP contribution in [0, 0.1) is 0 Å². The van der Waals surface area contributed by atoms with Gasteiger partial charge in [0.2, 0.25) is 0 Å². The third-order valence-electron chi connectivity index (χ3n) is 1.86. The molecule has 1 saturated heterocycles. The second-order valence-electron chi connectivity index (χ2n) is 2.38. The number of fused-ring (bicyclic) bond motifs is 1. The van der Waals surface area contributed by atoms with Gasteiger partial charge in [0.15, 0.2) is 0 Å². The van der Waals surface area contributed by atoms with E-state index in [0.29, 0.717) is 6.04 Å². The van der Waals surface area contributed by atoms with E-state index < -0.39 is 0 Å². The number of hydrogen-bond donors (Lipinski definition) is 2. The third-order valence-corrected chi connectivity index (χ3v) is 1.86. The van der Waals surface area contributed by atoms with Crippen LogP contribution >= 0.6 is 0 Å². The zero-order valence-electron chi connectivity index (χ0n) is 4.78. The summed E-state index contributed by atoms with van der Waals surface area (Å²) in [6.07, 6.45) is 3.39. The Hall–Kier alpha value is -0.500. The lowest BCUT2D eigenvalue weighted by molar-refractivity contribution is 0.662. The zero-order chi connectivity index (χ0) is 5.40. The molecule has 1 atom stereocenters. The quantitative estimate of drug-likeness (QED) is 0.452. The first kappa shape index (κ1) is 4.39. The molecule has 0 bridgehead atoms. The fourth-order valence-corrected chi connectivity index (χ4v) is 1.38. The highest BCUT2D eigenvalue weighted by Gasteiger charge is 2.22. The fourth-order valence-electron chi connectivity index (χ4n) is 1.38. The van der Waals surface area contributed by atoms with Crippen molar-refractivity contribution in [3.63, 3.8) is 0 Å². The van der Waals surface area contributed by atoms with Gasteiger partial charge in [0.25, 0.3) is 0 Å². The molecule has 8 heavy (non-hydrogen) atoms. The molecule has 44 valence electrons. The molecule has 2 N–H and O–H groups in total. The molecule has 0 aromatic rings. The second kappa shape index (κ2) is 1.49. The molecule has 0 aromatic heterocycles. The van der Waals surface area contributed by atoms with Crippen molar-refractivity contribution in [1.29, 1.82) is 0 Å². The van der Waals surface area contributed by atoms with Crippen LogP contribution in [0.25, 0.3) is 0 Å². The average molecular weight is 110 g/mol. The molecule has 0 aromatic carbocycles. The van der Waals surface area contributed by atoms with E-state index in [0.717, 1.165) is 6.54 Å². The standard InChI is InChI=1S/C6H10N2/c1-2-8-6-4-7-3-5(1)6/h3,6-8H,1-2,4H2. The normalized spacial score (nSPS) is 34.0. The summed E-state index contributed by atoms with van der Waals surface area (Å²) >= 11 is 0. The van der Waals surface area contributed by atoms with Crippen molar-refractivity contribution in [2.45, 2.75) is 12.5 Å². The lowest BCUT2D eigenvalue weighted by atomic mass is 10.2. The van der Waals surface area contributed by atoms with Crippen LogP contribution in [0.5, 0.6) is 0 Å². The highest BCUT2D eigenvalue weighted by Crippen LogP contribution is 2.15. The number of rotatable bonds is 0. The van der Waals surface area contributed by atoms with Gasteiger partial charge in [-0.15, -0.1) is 0 Å². The van der Waals surface area contributed by atoms with Gasteiger partial charge in [-0.3, -0.25) is 0 Å². The van der Waals surface area contributed by atoms with Crippen LogP contribution < -0.4 is 10.6 Å². The Morgan fingerprint density at radius 1 is 1.62 bits per heavy atom. The van der Waals surface area contributed by atoms with E-state index in [9.17, 15) is 0 Å². The van der Waals surface area contributed by atoms with Crippen molar-refractivity contribution in [2.75, 3.05) is 13.1 Å². The van der Waals surface area contributed by atoms with Crippen LogP contribution in [0.4, 0.5) is 0 Å². The van der Waals surface area contributed by atoms with Gasteiger partial charge in [-0.2, -0.15) is 0 Å². The van der Waals surface area contributed by atoms with Gasteiger partial charge in [-0.1, -0.05) is 0 Å². The zero-order valence-corrected chi connectivity index (χ0v) is 4.78. The Kier molecular flexibility index (Phi) is 0.815. The number of hydrogen-bond acceptors (Lipinski definition) is 2. The largest absolute Gasteiger partial charge is 0.389 e. The topological polar surface area (TPSA) is 24.1 Å². The maximum absolute atomic E-state index is 3.39. The summed E-state index contributed by atoms with van der Waals surface area (Å²) in [5.41, 5.74) is 1.56. The molecular formula is C6H10N2. The molecule has 0 amide bonds. The average Bonchev–Trinajstić information content (AvgIpc) is 2.15. The van der Waals surface area contributed by atoms with Crippen molar-refractivity contribution < 1.29 is 0 Å². The predicted octanol–water partition coefficient (Wildman–Crippen LogP) is -0.165. The lowest BCUT2D eigenvalue weighted by Gasteiger charge is -2.01. The Morgan fingerprint density at radius 2 is 2.62 bits per heavy atom. The summed E-state index contributed by atoms with van der Waals surface area (Å²) in [6, 6.07) is 0.676. The van der Waals surface area contributed by atoms with Crippen LogP contribution in [-0.4, -0.2) is 19.1 Å². The third kappa shape index (κ3) is 0.464. The van der Waals surface area contributed by atoms with Crippen LogP contribution in [0.2, 0.25) is 0 Å². The van der Waals surface area contributed by atoms with Crippen LogP contribution in [0.15, 0.2) is 11.8 Å². The molecular weight excluding hydrogens is 100 g/mol. The Labute approximate surface area is 49.0 Å². The molecule has 0 aliphatic carbocycles. The van der Waals surface area contributed by atoms with Crippen molar-refractivity contribution >= 4 is 0 Å². The maximum atomic E-state index is 3.39. The SMILES string of the molecule is C1=C2CCNC2CN1. The minimum Gasteiger partial charge on any atom is -0.389 e. The van der Waals surface area contributed by atoms with Gasteiger partial charge >= 0.3 is 0 Å². The molecule has 0 radical (unpaired) electrons. The van der Waals surface area contributed by atoms with Crippen molar-refractivity contribution in [3.8, 4) is 0 Å². The molecule has 0 saturated carbocycles. The van der Waals surface area contributed by atoms with E-state index in [4.69, 9.17) is 0 Å². The van der Waals surface area contributed by atoms with Gasteiger partial charge in [0.1, 0.15) is 0 Å². The van der Waals surface area contributed by atoms with Crippen molar-refractivity contribution in [3.05, 3.63) is 11.8 Å². The minimum absolute atomic E-state index is 0.676. The van der Waals surface area contributed by atoms with E-state index in [1.807, 2.05) is 0 Å². The summed E-state index contributed by atoms with van der Waals surface area (Å²) in [7, 11) is 0. The summed E-state index contributed by atoms with van der Waals surface area (Å²) in [6.45, 7) is 2.29. The van der Waals surface area contributed by atoms with Gasteiger partial charge in [-0.25, -0.2) is 0 Å². The molecule has 2 rings (SSSR count). The van der Waals surface area contributed by atoms with Gasteiger partial charge < -0.3 is 10.6 Å². The van der Waals surface area contributed by atoms with Crippen molar-refractivity contribution in [1.82, 2.24) is 10.6 Å². The van der Waals surface area contributed by atoms with Crippen LogP contribution in [-0.2, 0) is 0 Å². The molecule has 2 heterocycles. The van der Waals surface area contributed by atoms with Gasteiger partial charge in [0, 0.05) is 12.6 Å². The Balaban J connectivity index is 2.20. The Morgan fingerprint density at radius 3 is 3.50 bits per heavy atom. The van der Waals surface area contributed by atoms with E-state index in [2.05, 4.69) is 16.8 Å². The van der Waals surface area contributed by atoms with E-state index in [-0.39, 0.29) is 0 Å². The molecule has 0 spiro atoms. The van der Waals surface area contributed by atoms with Crippen LogP contribution in [0.3, 0.4) is 0 Å². The van der Waals surface area contributed by atoms with Gasteiger partial charge in [0.05, 0.1) is 0 Å². The monoisotopic (exact) mass is 110 g/mol. The lowest BCUT2D eigenvalue weighted by Crippen LogP contribution is -2.27. The summed E-state index contributed by atoms with van der Waals surface area (Å²) in [4.78, 5) is 0. The molecule has 1 unspecified atom stereocenters. The second-order valence-corrected chi connectivity index (χ2v) is 2.38. The first-order valence-electron chi connectivity index (χ1n) is 3.12. The van der Waals surface area contributed by atoms with E-state index in [1.54, 1.807) is 5.57 Å². The first-order valence-corrected chi connectivity index (χ1v) is 3.12. The highest BCUT2D eigenvalue weighted by molar-refractivity contribution is 5.20. The van der Waals surface area contributed by atoms with E-state index in [1.165, 1.54) is 13.0 Å². The van der Waals surface area contributed by atoms with Gasteiger partial charge in [-0.05, 0) is 24.7 Å². The molecule has 2 nitrogen and oxygen atoms in total. The highest BCUT2D eigenvalue weighted by atomic mass is 15.0. The summed E-state index contributed by atoms with van der Waals surface area (Å²) in [5.74, 6) is 0. The van der Waals surface area contributed by atoms with Crippen molar-refractivity contribution in [2.24, 2.45) is 0 Å². The smallest absolute Gasteiger partial charge is 0.0472 e. The van der Waals surface area contributed by atoms with E-state index >= 15 is 0 Å². The number of nitrogens with one attached hydrogen (secondary N) is 2. The molecule has 1 fully saturated rings. The summed E-state index contributed by atoms with van der Waals surface area (Å²) in [5, 5.41) is 6.59. The minimum atomic E-state index is 0.676. The molecule has 2 aliphatic heterocycles. The molecule has 2 aliphatic rings. The fraction of sp³-hybridized carbons (Fsp3) is 0.667. The first-order chi connectivity index (χ1) is 3.97. The van der Waals surface area contributed by atoms with Crippen LogP contribution in [0.1, 0.15) is 6.42 Å². The Bertz CT molecular complexity index is 128. The predicted molar refractivity (Wildman–Crippen MR) is 32.5 cm³/mol. The maximum Gasteiger partial charge on any atom is 0.0472 e. The summed E-state index contributed by atoms with van der Waals surface area (Å²) < 4.78 is 0.